The Morgan fingerprint density at radius 2 is 1.96 bits per heavy atom. The topological polar surface area (TPSA) is 88.5 Å². The second-order valence-electron chi connectivity index (χ2n) is 5.89. The van der Waals surface area contributed by atoms with E-state index in [1.54, 1.807) is 22.9 Å². The van der Waals surface area contributed by atoms with Gasteiger partial charge < -0.3 is 10.3 Å². The van der Waals surface area contributed by atoms with Crippen LogP contribution in [0.5, 0.6) is 0 Å². The Morgan fingerprint density at radius 3 is 2.78 bits per heavy atom. The van der Waals surface area contributed by atoms with Crippen molar-refractivity contribution < 1.29 is 0 Å². The van der Waals surface area contributed by atoms with Gasteiger partial charge in [0.15, 0.2) is 11.2 Å². The third-order valence-electron chi connectivity index (χ3n) is 3.99. The fourth-order valence-electron chi connectivity index (χ4n) is 2.67. The lowest BCUT2D eigenvalue weighted by Gasteiger charge is -2.07. The summed E-state index contributed by atoms with van der Waals surface area (Å²) in [6, 6.07) is 14.7. The van der Waals surface area contributed by atoms with Gasteiger partial charge in [-0.05, 0) is 29.8 Å². The second kappa shape index (κ2) is 7.38. The van der Waals surface area contributed by atoms with E-state index in [1.165, 1.54) is 0 Å². The minimum Gasteiger partial charge on any atom is -0.378 e. The fourth-order valence-corrected chi connectivity index (χ4v) is 3.06. The van der Waals surface area contributed by atoms with E-state index in [0.717, 1.165) is 11.3 Å². The summed E-state index contributed by atoms with van der Waals surface area (Å²) in [7, 11) is 0. The van der Waals surface area contributed by atoms with Gasteiger partial charge in [0.05, 0.1) is 13.1 Å². The molecule has 0 spiro atoms. The van der Waals surface area contributed by atoms with Gasteiger partial charge in [-0.15, -0.1) is 5.10 Å². The third kappa shape index (κ3) is 3.79. The first-order valence-electron chi connectivity index (χ1n) is 8.15. The number of nitrogens with one attached hydrogen (secondary N) is 2. The van der Waals surface area contributed by atoms with Gasteiger partial charge in [0.2, 0.25) is 0 Å². The third-order valence-corrected chi connectivity index (χ3v) is 4.59. The fraction of sp³-hybridized carbons (Fsp3) is 0.111. The zero-order chi connectivity index (χ0) is 18.8. The standard InChI is InChI=1S/C18H14Cl2N6O/c19-12-5-3-6-13(8-12)21-9-15-22-17-16(18(27)23-15)24-25-26(17)10-11-4-1-2-7-14(11)20/h1-8,21H,9-10H2,(H,22,23,27). The molecule has 0 bridgehead atoms. The SMILES string of the molecule is O=c1[nH]c(CNc2cccc(Cl)c2)nc2c1nnn2Cc1ccccc1Cl. The van der Waals surface area contributed by atoms with Crippen molar-refractivity contribution in [2.24, 2.45) is 0 Å². The van der Waals surface area contributed by atoms with Crippen LogP contribution in [0.2, 0.25) is 10.0 Å². The molecular formula is C18H14Cl2N6O. The van der Waals surface area contributed by atoms with Crippen LogP contribution in [0.25, 0.3) is 11.2 Å². The van der Waals surface area contributed by atoms with Gasteiger partial charge in [-0.1, -0.05) is 52.7 Å². The number of anilines is 1. The van der Waals surface area contributed by atoms with Crippen LogP contribution in [0.1, 0.15) is 11.4 Å². The molecule has 0 saturated heterocycles. The average Bonchev–Trinajstić information content (AvgIpc) is 3.05. The van der Waals surface area contributed by atoms with E-state index in [-0.39, 0.29) is 11.1 Å². The van der Waals surface area contributed by atoms with Crippen LogP contribution in [-0.2, 0) is 13.1 Å². The van der Waals surface area contributed by atoms with Crippen molar-refractivity contribution in [1.29, 1.82) is 0 Å². The molecule has 2 heterocycles. The first kappa shape index (κ1) is 17.5. The summed E-state index contributed by atoms with van der Waals surface area (Å²) in [4.78, 5) is 19.5. The predicted molar refractivity (Wildman–Crippen MR) is 105 cm³/mol. The van der Waals surface area contributed by atoms with Crippen molar-refractivity contribution in [1.82, 2.24) is 25.0 Å². The van der Waals surface area contributed by atoms with Crippen molar-refractivity contribution >= 4 is 40.1 Å². The highest BCUT2D eigenvalue weighted by Crippen LogP contribution is 2.18. The summed E-state index contributed by atoms with van der Waals surface area (Å²) in [6.07, 6.45) is 0. The number of aromatic amines is 1. The van der Waals surface area contributed by atoms with Crippen LogP contribution >= 0.6 is 23.2 Å². The predicted octanol–water partition coefficient (Wildman–Crippen LogP) is 3.48. The van der Waals surface area contributed by atoms with E-state index >= 15 is 0 Å². The second-order valence-corrected chi connectivity index (χ2v) is 6.73. The number of rotatable bonds is 5. The van der Waals surface area contributed by atoms with E-state index in [9.17, 15) is 4.79 Å². The Kier molecular flexibility index (Phi) is 4.79. The maximum absolute atomic E-state index is 12.3. The number of benzene rings is 2. The van der Waals surface area contributed by atoms with Crippen molar-refractivity contribution in [2.45, 2.75) is 13.1 Å². The van der Waals surface area contributed by atoms with Gasteiger partial charge in [-0.25, -0.2) is 9.67 Å². The molecule has 4 aromatic rings. The molecule has 0 aliphatic heterocycles. The van der Waals surface area contributed by atoms with Crippen LogP contribution in [0, 0.1) is 0 Å². The van der Waals surface area contributed by atoms with E-state index in [1.807, 2.05) is 30.3 Å². The van der Waals surface area contributed by atoms with E-state index in [2.05, 4.69) is 25.6 Å². The molecule has 2 aromatic heterocycles. The molecule has 0 atom stereocenters. The Labute approximate surface area is 164 Å². The average molecular weight is 401 g/mol. The highest BCUT2D eigenvalue weighted by atomic mass is 35.5. The summed E-state index contributed by atoms with van der Waals surface area (Å²) >= 11 is 12.2. The van der Waals surface area contributed by atoms with Crippen molar-refractivity contribution in [3.63, 3.8) is 0 Å². The summed E-state index contributed by atoms with van der Waals surface area (Å²) in [5, 5.41) is 12.4. The maximum atomic E-state index is 12.3. The summed E-state index contributed by atoms with van der Waals surface area (Å²) < 4.78 is 1.56. The molecule has 7 nitrogen and oxygen atoms in total. The molecule has 0 radical (unpaired) electrons. The van der Waals surface area contributed by atoms with Gasteiger partial charge in [0, 0.05) is 15.7 Å². The lowest BCUT2D eigenvalue weighted by molar-refractivity contribution is 0.663. The largest absolute Gasteiger partial charge is 0.378 e. The quantitative estimate of drug-likeness (QED) is 0.535. The summed E-state index contributed by atoms with van der Waals surface area (Å²) in [6.45, 7) is 0.691. The number of fused-ring (bicyclic) bond motifs is 1. The molecule has 4 rings (SSSR count). The lowest BCUT2D eigenvalue weighted by Crippen LogP contribution is -2.15. The van der Waals surface area contributed by atoms with E-state index in [4.69, 9.17) is 23.2 Å². The number of aromatic nitrogens is 5. The minimum absolute atomic E-state index is 0.188. The minimum atomic E-state index is -0.340. The Balaban J connectivity index is 1.63. The molecule has 136 valence electrons. The first-order chi connectivity index (χ1) is 13.1. The van der Waals surface area contributed by atoms with Crippen LogP contribution in [-0.4, -0.2) is 25.0 Å². The highest BCUT2D eigenvalue weighted by molar-refractivity contribution is 6.31. The lowest BCUT2D eigenvalue weighted by atomic mass is 10.2. The van der Waals surface area contributed by atoms with Crippen molar-refractivity contribution in [2.75, 3.05) is 5.32 Å². The van der Waals surface area contributed by atoms with Gasteiger partial charge in [0.1, 0.15) is 5.82 Å². The molecule has 27 heavy (non-hydrogen) atoms. The van der Waals surface area contributed by atoms with E-state index < -0.39 is 0 Å². The number of nitrogens with zero attached hydrogens (tertiary/aromatic N) is 4. The van der Waals surface area contributed by atoms with Gasteiger partial charge in [-0.3, -0.25) is 4.79 Å². The first-order valence-corrected chi connectivity index (χ1v) is 8.91. The smallest absolute Gasteiger partial charge is 0.281 e. The Bertz CT molecular complexity index is 1170. The zero-order valence-corrected chi connectivity index (χ0v) is 15.5. The summed E-state index contributed by atoms with van der Waals surface area (Å²) in [5.41, 5.74) is 1.95. The number of hydrogen-bond acceptors (Lipinski definition) is 5. The molecule has 0 aliphatic rings. The molecule has 0 amide bonds. The number of hydrogen-bond donors (Lipinski definition) is 2. The maximum Gasteiger partial charge on any atom is 0.281 e. The molecule has 0 saturated carbocycles. The van der Waals surface area contributed by atoms with Crippen molar-refractivity contribution in [3.8, 4) is 0 Å². The molecule has 2 N–H and O–H groups in total. The van der Waals surface area contributed by atoms with Gasteiger partial charge >= 0.3 is 0 Å². The van der Waals surface area contributed by atoms with Crippen molar-refractivity contribution in [3.05, 3.63) is 80.3 Å². The van der Waals surface area contributed by atoms with Crippen LogP contribution in [0.3, 0.4) is 0 Å². The molecule has 0 unspecified atom stereocenters. The molecule has 0 fully saturated rings. The van der Waals surface area contributed by atoms with Crippen LogP contribution in [0.15, 0.2) is 53.3 Å². The highest BCUT2D eigenvalue weighted by Gasteiger charge is 2.13. The number of halogens is 2. The van der Waals surface area contributed by atoms with Crippen LogP contribution < -0.4 is 10.9 Å². The van der Waals surface area contributed by atoms with Gasteiger partial charge in [-0.2, -0.15) is 0 Å². The Morgan fingerprint density at radius 1 is 1.11 bits per heavy atom. The van der Waals surface area contributed by atoms with Gasteiger partial charge in [0.25, 0.3) is 5.56 Å². The normalized spacial score (nSPS) is 11.0. The summed E-state index contributed by atoms with van der Waals surface area (Å²) in [5.74, 6) is 0.468. The zero-order valence-electron chi connectivity index (χ0n) is 14.0. The molecular weight excluding hydrogens is 387 g/mol. The van der Waals surface area contributed by atoms with E-state index in [0.29, 0.717) is 34.6 Å². The molecule has 9 heteroatoms. The van der Waals surface area contributed by atoms with Crippen LogP contribution in [0.4, 0.5) is 5.69 Å². The Hall–Kier alpha value is -2.90. The number of H-pyrrole nitrogens is 1. The monoisotopic (exact) mass is 400 g/mol. The molecule has 2 aromatic carbocycles. The molecule has 0 aliphatic carbocycles.